The van der Waals surface area contributed by atoms with Crippen molar-refractivity contribution < 1.29 is 19.0 Å². The number of carbonyl (C=O) groups excluding carboxylic acids is 1. The van der Waals surface area contributed by atoms with Gasteiger partial charge in [-0.2, -0.15) is 0 Å². The van der Waals surface area contributed by atoms with Crippen LogP contribution in [0, 0.1) is 4.91 Å². The van der Waals surface area contributed by atoms with E-state index in [9.17, 15) is 9.70 Å². The zero-order valence-corrected chi connectivity index (χ0v) is 17.8. The Morgan fingerprint density at radius 3 is 2.19 bits per heavy atom. The average molecular weight is 432 g/mol. The molecule has 0 spiro atoms. The molecule has 0 saturated heterocycles. The quantitative estimate of drug-likeness (QED) is 0.430. The molecule has 1 amide bonds. The number of anilines is 2. The molecule has 1 heterocycles. The summed E-state index contributed by atoms with van der Waals surface area (Å²) in [6.07, 6.45) is -0.564. The van der Waals surface area contributed by atoms with Crippen molar-refractivity contribution >= 4 is 17.3 Å². The van der Waals surface area contributed by atoms with Gasteiger partial charge in [0.15, 0.2) is 11.5 Å². The van der Waals surface area contributed by atoms with Gasteiger partial charge >= 0.3 is 5.91 Å². The summed E-state index contributed by atoms with van der Waals surface area (Å²) < 4.78 is 17.3. The number of nitroso groups, excluding NO2 is 1. The Labute approximate surface area is 186 Å². The maximum atomic E-state index is 11.6. The number of hydrogen-bond donors (Lipinski definition) is 0. The first-order valence-corrected chi connectivity index (χ1v) is 10.5. The predicted octanol–water partition coefficient (Wildman–Crippen LogP) is 5.25. The van der Waals surface area contributed by atoms with Crippen LogP contribution in [0.15, 0.2) is 78.0 Å². The first-order chi connectivity index (χ1) is 15.7. The van der Waals surface area contributed by atoms with Gasteiger partial charge in [0.2, 0.25) is 0 Å². The van der Waals surface area contributed by atoms with E-state index in [4.69, 9.17) is 14.2 Å². The van der Waals surface area contributed by atoms with E-state index in [0.717, 1.165) is 34.2 Å². The fourth-order valence-electron chi connectivity index (χ4n) is 3.69. The second-order valence-corrected chi connectivity index (χ2v) is 7.26. The molecule has 0 unspecified atom stereocenters. The molecule has 0 aromatic heterocycles. The Morgan fingerprint density at radius 1 is 0.969 bits per heavy atom. The molecule has 1 aliphatic rings. The lowest BCUT2D eigenvalue weighted by atomic mass is 10.1. The Kier molecular flexibility index (Phi) is 6.77. The summed E-state index contributed by atoms with van der Waals surface area (Å²) in [7, 11) is 0. The minimum Gasteiger partial charge on any atom is -0.492 e. The lowest BCUT2D eigenvalue weighted by molar-refractivity contribution is -0.129. The minimum atomic E-state index is -0.856. The van der Waals surface area contributed by atoms with Gasteiger partial charge in [0, 0.05) is 18.2 Å². The van der Waals surface area contributed by atoms with Crippen molar-refractivity contribution in [2.75, 3.05) is 24.7 Å². The highest BCUT2D eigenvalue weighted by Gasteiger charge is 2.23. The highest BCUT2D eigenvalue weighted by Crippen LogP contribution is 2.45. The molecule has 0 N–H and O–H groups in total. The van der Waals surface area contributed by atoms with E-state index < -0.39 is 12.0 Å². The van der Waals surface area contributed by atoms with E-state index >= 15 is 0 Å². The van der Waals surface area contributed by atoms with Gasteiger partial charge in [0.05, 0.1) is 17.9 Å². The highest BCUT2D eigenvalue weighted by atomic mass is 16.5. The van der Waals surface area contributed by atoms with Crippen LogP contribution in [-0.4, -0.2) is 31.8 Å². The molecular weight excluding hydrogens is 408 g/mol. The topological polar surface area (TPSA) is 77.4 Å². The molecule has 0 bridgehead atoms. The van der Waals surface area contributed by atoms with Crippen molar-refractivity contribution in [3.8, 4) is 17.2 Å². The predicted molar refractivity (Wildman–Crippen MR) is 122 cm³/mol. The number of rotatable bonds is 9. The monoisotopic (exact) mass is 432 g/mol. The summed E-state index contributed by atoms with van der Waals surface area (Å²) in [5.74, 6) is 1.56. The van der Waals surface area contributed by atoms with E-state index in [0.29, 0.717) is 26.2 Å². The van der Waals surface area contributed by atoms with Crippen LogP contribution in [0.1, 0.15) is 12.5 Å². The summed E-state index contributed by atoms with van der Waals surface area (Å²) >= 11 is 0. The van der Waals surface area contributed by atoms with Crippen LogP contribution < -0.4 is 14.4 Å². The largest absolute Gasteiger partial charge is 0.492 e. The van der Waals surface area contributed by atoms with Crippen molar-refractivity contribution in [1.82, 2.24) is 0 Å². The Hall–Kier alpha value is -3.71. The molecule has 1 aliphatic heterocycles. The first-order valence-electron chi connectivity index (χ1n) is 10.5. The van der Waals surface area contributed by atoms with Gasteiger partial charge in [-0.25, -0.2) is 0 Å². The number of amides is 1. The van der Waals surface area contributed by atoms with Crippen LogP contribution in [0.4, 0.5) is 11.4 Å². The highest BCUT2D eigenvalue weighted by molar-refractivity contribution is 5.81. The summed E-state index contributed by atoms with van der Waals surface area (Å²) in [6, 6.07) is 23.3. The number of ether oxygens (including phenoxy) is 3. The Bertz CT molecular complexity index is 1040. The van der Waals surface area contributed by atoms with Gasteiger partial charge in [0.25, 0.3) is 0 Å². The second-order valence-electron chi connectivity index (χ2n) is 7.26. The molecule has 4 rings (SSSR count). The fourth-order valence-corrected chi connectivity index (χ4v) is 3.69. The van der Waals surface area contributed by atoms with Gasteiger partial charge in [-0.15, -0.1) is 4.91 Å². The number of nitrogens with zero attached hydrogens (tertiary/aromatic N) is 2. The Morgan fingerprint density at radius 2 is 1.59 bits per heavy atom. The van der Waals surface area contributed by atoms with E-state index in [2.05, 4.69) is 10.1 Å². The molecule has 0 aliphatic carbocycles. The van der Waals surface area contributed by atoms with Crippen molar-refractivity contribution in [2.45, 2.75) is 19.4 Å². The maximum Gasteiger partial charge on any atom is 0.315 e. The maximum absolute atomic E-state index is 11.6. The van der Waals surface area contributed by atoms with E-state index in [-0.39, 0.29) is 0 Å². The van der Waals surface area contributed by atoms with Crippen molar-refractivity contribution in [2.24, 2.45) is 5.18 Å². The molecule has 3 aromatic rings. The van der Waals surface area contributed by atoms with Crippen molar-refractivity contribution in [1.29, 1.82) is 0 Å². The minimum absolute atomic E-state index is 0.292. The smallest absolute Gasteiger partial charge is 0.315 e. The van der Waals surface area contributed by atoms with Crippen LogP contribution in [0.25, 0.3) is 0 Å². The summed E-state index contributed by atoms with van der Waals surface area (Å²) in [6.45, 7) is 3.22. The standard InChI is InChI=1S/C25H24N2O5/c1-2-30-24(25(28)26-29)17-18-11-13-19(14-12-18)31-16-15-27-20-7-3-5-9-22(20)32-23-10-6-4-8-21(23)27/h3-14,24H,2,15-17H2,1H3/t24-/m0/s1. The van der Waals surface area contributed by atoms with Crippen LogP contribution in [-0.2, 0) is 16.0 Å². The van der Waals surface area contributed by atoms with Crippen molar-refractivity contribution in [3.05, 3.63) is 83.3 Å². The fraction of sp³-hybridized carbons (Fsp3) is 0.240. The molecule has 32 heavy (non-hydrogen) atoms. The van der Waals surface area contributed by atoms with Gasteiger partial charge in [-0.05, 0) is 48.9 Å². The van der Waals surface area contributed by atoms with E-state index in [1.165, 1.54) is 0 Å². The van der Waals surface area contributed by atoms with E-state index in [1.807, 2.05) is 72.8 Å². The van der Waals surface area contributed by atoms with Gasteiger partial charge < -0.3 is 19.1 Å². The molecule has 3 aromatic carbocycles. The molecule has 164 valence electrons. The molecule has 0 radical (unpaired) electrons. The van der Waals surface area contributed by atoms with Crippen molar-refractivity contribution in [3.63, 3.8) is 0 Å². The van der Waals surface area contributed by atoms with Gasteiger partial charge in [-0.1, -0.05) is 36.4 Å². The summed E-state index contributed by atoms with van der Waals surface area (Å²) in [5.41, 5.74) is 2.87. The number of benzene rings is 3. The third-order valence-electron chi connectivity index (χ3n) is 5.19. The lowest BCUT2D eigenvalue weighted by Crippen LogP contribution is -2.26. The lowest BCUT2D eigenvalue weighted by Gasteiger charge is -2.32. The molecular formula is C25H24N2O5. The van der Waals surface area contributed by atoms with Gasteiger partial charge in [0.1, 0.15) is 18.5 Å². The molecule has 0 saturated carbocycles. The molecule has 0 fully saturated rings. The summed E-state index contributed by atoms with van der Waals surface area (Å²) in [5, 5.41) is 2.49. The third kappa shape index (κ3) is 4.78. The third-order valence-corrected chi connectivity index (χ3v) is 5.19. The van der Waals surface area contributed by atoms with Crippen LogP contribution in [0.3, 0.4) is 0 Å². The Balaban J connectivity index is 1.39. The average Bonchev–Trinajstić information content (AvgIpc) is 2.83. The van der Waals surface area contributed by atoms with Crippen LogP contribution in [0.5, 0.6) is 17.2 Å². The normalized spacial score (nSPS) is 12.8. The number of para-hydroxylation sites is 4. The molecule has 7 heteroatoms. The summed E-state index contributed by atoms with van der Waals surface area (Å²) in [4.78, 5) is 24.3. The number of carbonyl (C=O) groups is 1. The molecule has 1 atom stereocenters. The molecule has 7 nitrogen and oxygen atoms in total. The SMILES string of the molecule is CCO[C@@H](Cc1ccc(OCCN2c3ccccc3Oc3ccccc32)cc1)C(=O)N=O. The second kappa shape index (κ2) is 10.1. The van der Waals surface area contributed by atoms with Crippen LogP contribution in [0.2, 0.25) is 0 Å². The zero-order chi connectivity index (χ0) is 22.3. The van der Waals surface area contributed by atoms with E-state index in [1.54, 1.807) is 6.92 Å². The van der Waals surface area contributed by atoms with Gasteiger partial charge in [-0.3, -0.25) is 4.79 Å². The first kappa shape index (κ1) is 21.5. The zero-order valence-electron chi connectivity index (χ0n) is 17.8. The number of hydrogen-bond acceptors (Lipinski definition) is 6. The number of fused-ring (bicyclic) bond motifs is 2. The van der Waals surface area contributed by atoms with Crippen LogP contribution >= 0.6 is 0 Å².